The van der Waals surface area contributed by atoms with Crippen molar-refractivity contribution in [2.45, 2.75) is 37.9 Å². The van der Waals surface area contributed by atoms with Crippen LogP contribution < -0.4 is 4.74 Å². The maximum atomic E-state index is 13.8. The van der Waals surface area contributed by atoms with Gasteiger partial charge in [0.25, 0.3) is 0 Å². The molecule has 4 rings (SSSR count). The topological polar surface area (TPSA) is 66.0 Å². The van der Waals surface area contributed by atoms with Crippen LogP contribution in [0.15, 0.2) is 71.0 Å². The minimum absolute atomic E-state index is 0.100. The third-order valence-corrected chi connectivity index (χ3v) is 5.81. The maximum Gasteiger partial charge on any atom is 0.226 e. The normalized spacial score (nSPS) is 11.0. The van der Waals surface area contributed by atoms with Crippen LogP contribution in [0.25, 0.3) is 11.5 Å². The summed E-state index contributed by atoms with van der Waals surface area (Å²) in [7, 11) is 0. The number of allylic oxidation sites excluding steroid dienone is 1. The number of para-hydroxylation sites is 1. The fourth-order valence-corrected chi connectivity index (χ4v) is 4.08. The summed E-state index contributed by atoms with van der Waals surface area (Å²) in [5.74, 6) is 1.52. The average molecular weight is 451 g/mol. The molecule has 4 aromatic rings. The number of hydrogen-bond acceptors (Lipinski definition) is 6. The van der Waals surface area contributed by atoms with Crippen LogP contribution in [0.1, 0.15) is 22.6 Å². The monoisotopic (exact) mass is 450 g/mol. The highest BCUT2D eigenvalue weighted by atomic mass is 32.2. The molecule has 2 aromatic carbocycles. The molecule has 8 heteroatoms. The van der Waals surface area contributed by atoms with Gasteiger partial charge in [0.1, 0.15) is 12.9 Å². The molecule has 6 nitrogen and oxygen atoms in total. The van der Waals surface area contributed by atoms with Crippen molar-refractivity contribution in [3.05, 3.63) is 89.8 Å². The summed E-state index contributed by atoms with van der Waals surface area (Å²) in [6, 6.07) is 12.5. The summed E-state index contributed by atoms with van der Waals surface area (Å²) >= 11 is 1.49. The summed E-state index contributed by atoms with van der Waals surface area (Å²) in [5, 5.41) is 9.19. The highest BCUT2D eigenvalue weighted by Crippen LogP contribution is 2.27. The van der Waals surface area contributed by atoms with Crippen molar-refractivity contribution in [2.75, 3.05) is 0 Å². The SMILES string of the molecule is C=CCn1c(COc2ccccc2F)nnc1SCc1coc(-c2ccc(C)cc2C)n1. The molecule has 164 valence electrons. The summed E-state index contributed by atoms with van der Waals surface area (Å²) in [4.78, 5) is 4.62. The van der Waals surface area contributed by atoms with Gasteiger partial charge in [0, 0.05) is 17.9 Å². The molecule has 2 aromatic heterocycles. The Hall–Kier alpha value is -3.39. The van der Waals surface area contributed by atoms with Crippen LogP contribution in [0.2, 0.25) is 0 Å². The fraction of sp³-hybridized carbons (Fsp3) is 0.208. The van der Waals surface area contributed by atoms with Gasteiger partial charge < -0.3 is 9.15 Å². The lowest BCUT2D eigenvalue weighted by molar-refractivity contribution is 0.275. The molecule has 0 saturated heterocycles. The van der Waals surface area contributed by atoms with Crippen LogP contribution in [0, 0.1) is 19.7 Å². The van der Waals surface area contributed by atoms with Gasteiger partial charge in [-0.25, -0.2) is 9.37 Å². The van der Waals surface area contributed by atoms with Gasteiger partial charge in [0.2, 0.25) is 5.89 Å². The summed E-state index contributed by atoms with van der Waals surface area (Å²) in [6.07, 6.45) is 3.42. The lowest BCUT2D eigenvalue weighted by Gasteiger charge is -2.09. The van der Waals surface area contributed by atoms with E-state index in [1.807, 2.05) is 23.6 Å². The lowest BCUT2D eigenvalue weighted by Crippen LogP contribution is -2.08. The molecule has 0 spiro atoms. The van der Waals surface area contributed by atoms with E-state index in [1.165, 1.54) is 23.4 Å². The number of aryl methyl sites for hydroxylation is 2. The Morgan fingerprint density at radius 2 is 2.03 bits per heavy atom. The first-order valence-corrected chi connectivity index (χ1v) is 11.1. The van der Waals surface area contributed by atoms with E-state index in [9.17, 15) is 4.39 Å². The molecule has 0 N–H and O–H groups in total. The number of ether oxygens (including phenoxy) is 1. The van der Waals surface area contributed by atoms with Gasteiger partial charge in [-0.05, 0) is 37.6 Å². The first-order valence-electron chi connectivity index (χ1n) is 10.1. The molecule has 0 bridgehead atoms. The van der Waals surface area contributed by atoms with Crippen LogP contribution in [0.4, 0.5) is 4.39 Å². The zero-order valence-electron chi connectivity index (χ0n) is 17.9. The third kappa shape index (κ3) is 4.91. The molecule has 0 fully saturated rings. The van der Waals surface area contributed by atoms with Gasteiger partial charge in [-0.2, -0.15) is 0 Å². The average Bonchev–Trinajstić information content (AvgIpc) is 3.39. The fourth-order valence-electron chi connectivity index (χ4n) is 3.24. The number of oxazole rings is 1. The standard InChI is InChI=1S/C24H23FN4O2S/c1-4-11-29-22(14-30-21-8-6-5-7-20(21)25)27-28-24(29)32-15-18-13-31-23(26-18)19-10-9-16(2)12-17(19)3/h4-10,12-13H,1,11,14-15H2,2-3H3. The Balaban J connectivity index is 1.45. The zero-order chi connectivity index (χ0) is 22.5. The van der Waals surface area contributed by atoms with Gasteiger partial charge in [-0.3, -0.25) is 4.57 Å². The second kappa shape index (κ2) is 9.82. The quantitative estimate of drug-likeness (QED) is 0.239. The van der Waals surface area contributed by atoms with E-state index >= 15 is 0 Å². The third-order valence-electron chi connectivity index (χ3n) is 4.81. The number of nitrogens with zero attached hydrogens (tertiary/aromatic N) is 4. The first-order chi connectivity index (χ1) is 15.5. The smallest absolute Gasteiger partial charge is 0.226 e. The minimum Gasteiger partial charge on any atom is -0.483 e. The molecule has 0 unspecified atom stereocenters. The van der Waals surface area contributed by atoms with E-state index < -0.39 is 5.82 Å². The molecule has 0 aliphatic rings. The van der Waals surface area contributed by atoms with Gasteiger partial charge in [0.15, 0.2) is 22.5 Å². The number of halogens is 1. The zero-order valence-corrected chi connectivity index (χ0v) is 18.7. The number of thioether (sulfide) groups is 1. The Morgan fingerprint density at radius 3 is 2.81 bits per heavy atom. The Bertz CT molecular complexity index is 1230. The molecule has 0 atom stereocenters. The maximum absolute atomic E-state index is 13.8. The molecule has 0 radical (unpaired) electrons. The van der Waals surface area contributed by atoms with Crippen LogP contribution in [0.3, 0.4) is 0 Å². The van der Waals surface area contributed by atoms with E-state index in [0.717, 1.165) is 16.8 Å². The number of benzene rings is 2. The van der Waals surface area contributed by atoms with Crippen molar-refractivity contribution in [1.82, 2.24) is 19.7 Å². The Labute approximate surface area is 190 Å². The van der Waals surface area contributed by atoms with E-state index in [0.29, 0.717) is 29.2 Å². The molecule has 0 amide bonds. The molecule has 0 saturated carbocycles. The molecular weight excluding hydrogens is 427 g/mol. The number of aromatic nitrogens is 4. The van der Waals surface area contributed by atoms with Crippen molar-refractivity contribution in [1.29, 1.82) is 0 Å². The molecule has 0 aliphatic heterocycles. The van der Waals surface area contributed by atoms with Gasteiger partial charge >= 0.3 is 0 Å². The van der Waals surface area contributed by atoms with E-state index in [4.69, 9.17) is 9.15 Å². The summed E-state index contributed by atoms with van der Waals surface area (Å²) in [6.45, 7) is 8.52. The highest BCUT2D eigenvalue weighted by Gasteiger charge is 2.15. The Morgan fingerprint density at radius 1 is 1.19 bits per heavy atom. The molecule has 2 heterocycles. The predicted octanol–water partition coefficient (Wildman–Crippen LogP) is 5.75. The Kier molecular flexibility index (Phi) is 6.70. The molecular formula is C24H23FN4O2S. The number of rotatable bonds is 9. The van der Waals surface area contributed by atoms with Crippen molar-refractivity contribution in [2.24, 2.45) is 0 Å². The van der Waals surface area contributed by atoms with Crippen LogP contribution in [0.5, 0.6) is 5.75 Å². The van der Waals surface area contributed by atoms with E-state index in [2.05, 4.69) is 34.8 Å². The van der Waals surface area contributed by atoms with Crippen LogP contribution in [-0.2, 0) is 18.9 Å². The van der Waals surface area contributed by atoms with Crippen molar-refractivity contribution >= 4 is 11.8 Å². The largest absolute Gasteiger partial charge is 0.483 e. The highest BCUT2D eigenvalue weighted by molar-refractivity contribution is 7.98. The molecule has 32 heavy (non-hydrogen) atoms. The van der Waals surface area contributed by atoms with Crippen molar-refractivity contribution in [3.8, 4) is 17.2 Å². The number of hydrogen-bond donors (Lipinski definition) is 0. The van der Waals surface area contributed by atoms with E-state index in [1.54, 1.807) is 30.5 Å². The van der Waals surface area contributed by atoms with E-state index in [-0.39, 0.29) is 12.4 Å². The van der Waals surface area contributed by atoms with Crippen molar-refractivity contribution < 1.29 is 13.5 Å². The van der Waals surface area contributed by atoms with Gasteiger partial charge in [0.05, 0.1) is 5.69 Å². The first kappa shape index (κ1) is 21.8. The van der Waals surface area contributed by atoms with Crippen LogP contribution in [-0.4, -0.2) is 19.7 Å². The van der Waals surface area contributed by atoms with Crippen molar-refractivity contribution in [3.63, 3.8) is 0 Å². The minimum atomic E-state index is -0.414. The summed E-state index contributed by atoms with van der Waals surface area (Å²) < 4.78 is 27.0. The predicted molar refractivity (Wildman–Crippen MR) is 122 cm³/mol. The second-order valence-corrected chi connectivity index (χ2v) is 8.21. The van der Waals surface area contributed by atoms with Crippen LogP contribution >= 0.6 is 11.8 Å². The molecule has 0 aliphatic carbocycles. The van der Waals surface area contributed by atoms with Gasteiger partial charge in [-0.1, -0.05) is 47.7 Å². The lowest BCUT2D eigenvalue weighted by atomic mass is 10.1. The van der Waals surface area contributed by atoms with Gasteiger partial charge in [-0.15, -0.1) is 16.8 Å². The second-order valence-electron chi connectivity index (χ2n) is 7.27. The summed E-state index contributed by atoms with van der Waals surface area (Å²) in [5.41, 5.74) is 4.11.